The normalized spacial score (nSPS) is 19.4. The summed E-state index contributed by atoms with van der Waals surface area (Å²) in [4.78, 5) is 32.1. The standard InChI is InChI=1S/C45H46F6N6O5S/c1-22-32(45(49,50)51)30(34(47)39(33(22)46)55(19-24-9-14-27(59-6)15-10-24)20-25-11-16-28(60-7)17-12-25)36-35(48)37-31-40(54-42(53-37)63-8)56-21-26-13-18-29(38(56)23(2)61-41(31)52-36)57(26)43(58)62-44(3,4)5/h9-12,14-17,23,26,29,38H,13,18-21H2,1-8H3/t23-,26+,29-,38+/m0/s1. The molecular weight excluding hydrogens is 851 g/mol. The van der Waals surface area contributed by atoms with Crippen LogP contribution in [0.2, 0.25) is 0 Å². The number of aromatic nitrogens is 3. The number of thioether (sulfide) groups is 1. The minimum absolute atomic E-state index is 0.0258. The highest BCUT2D eigenvalue weighted by atomic mass is 32.2. The van der Waals surface area contributed by atoms with Crippen molar-refractivity contribution in [1.82, 2.24) is 19.9 Å². The van der Waals surface area contributed by atoms with E-state index in [4.69, 9.17) is 23.9 Å². The molecular formula is C45H46F6N6O5S. The zero-order valence-corrected chi connectivity index (χ0v) is 36.7. The molecule has 2 aromatic heterocycles. The van der Waals surface area contributed by atoms with Gasteiger partial charge in [0.25, 0.3) is 0 Å². The summed E-state index contributed by atoms with van der Waals surface area (Å²) in [6, 6.07) is 11.9. The Hall–Kier alpha value is -5.65. The number of piperazine rings is 1. The molecule has 5 heterocycles. The monoisotopic (exact) mass is 896 g/mol. The molecule has 0 aliphatic carbocycles. The second-order valence-corrected chi connectivity index (χ2v) is 17.7. The number of carbonyl (C=O) groups is 1. The molecule has 5 aromatic rings. The first-order valence-corrected chi connectivity index (χ1v) is 21.6. The minimum atomic E-state index is -5.38. The van der Waals surface area contributed by atoms with Crippen molar-refractivity contribution < 1.29 is 50.1 Å². The number of hydrogen-bond acceptors (Lipinski definition) is 11. The molecule has 2 bridgehead atoms. The first-order chi connectivity index (χ1) is 29.8. The second kappa shape index (κ2) is 16.5. The molecule has 0 N–H and O–H groups in total. The summed E-state index contributed by atoms with van der Waals surface area (Å²) in [5.41, 5.74) is -6.04. The highest BCUT2D eigenvalue weighted by Gasteiger charge is 2.54. The highest BCUT2D eigenvalue weighted by Crippen LogP contribution is 2.50. The van der Waals surface area contributed by atoms with Gasteiger partial charge in [-0.2, -0.15) is 13.2 Å². The quantitative estimate of drug-likeness (QED) is 0.0803. The summed E-state index contributed by atoms with van der Waals surface area (Å²) in [6.45, 7) is 7.81. The molecule has 11 nitrogen and oxygen atoms in total. The number of anilines is 2. The Morgan fingerprint density at radius 1 is 0.889 bits per heavy atom. The third-order valence-corrected chi connectivity index (χ3v) is 12.3. The summed E-state index contributed by atoms with van der Waals surface area (Å²) in [7, 11) is 2.96. The van der Waals surface area contributed by atoms with Crippen LogP contribution in [0.3, 0.4) is 0 Å². The van der Waals surface area contributed by atoms with Gasteiger partial charge in [-0.3, -0.25) is 4.90 Å². The molecule has 0 saturated carbocycles. The maximum absolute atomic E-state index is 17.7. The minimum Gasteiger partial charge on any atom is -0.497 e. The van der Waals surface area contributed by atoms with E-state index in [1.807, 2.05) is 4.90 Å². The Balaban J connectivity index is 1.33. The lowest BCUT2D eigenvalue weighted by atomic mass is 9.94. The summed E-state index contributed by atoms with van der Waals surface area (Å²) < 4.78 is 121. The molecule has 8 rings (SSSR count). The topological polar surface area (TPSA) is 102 Å². The summed E-state index contributed by atoms with van der Waals surface area (Å²) in [5, 5.41) is 0.0505. The lowest BCUT2D eigenvalue weighted by Gasteiger charge is -2.48. The van der Waals surface area contributed by atoms with Crippen molar-refractivity contribution in [2.75, 3.05) is 36.8 Å². The van der Waals surface area contributed by atoms with E-state index in [0.717, 1.165) is 18.7 Å². The zero-order chi connectivity index (χ0) is 45.3. The molecule has 334 valence electrons. The molecule has 4 atom stereocenters. The molecule has 3 aliphatic heterocycles. The van der Waals surface area contributed by atoms with Gasteiger partial charge in [0.2, 0.25) is 5.88 Å². The van der Waals surface area contributed by atoms with Gasteiger partial charge in [0.15, 0.2) is 22.6 Å². The van der Waals surface area contributed by atoms with Crippen LogP contribution in [0.25, 0.3) is 22.2 Å². The molecule has 18 heteroatoms. The number of alkyl halides is 3. The van der Waals surface area contributed by atoms with Gasteiger partial charge in [0, 0.05) is 19.6 Å². The van der Waals surface area contributed by atoms with Crippen LogP contribution in [-0.4, -0.2) is 82.8 Å². The van der Waals surface area contributed by atoms with Gasteiger partial charge in [-0.25, -0.2) is 32.9 Å². The first-order valence-electron chi connectivity index (χ1n) is 20.3. The van der Waals surface area contributed by atoms with Crippen LogP contribution in [0, 0.1) is 24.4 Å². The fourth-order valence-electron chi connectivity index (χ4n) is 9.05. The third kappa shape index (κ3) is 7.99. The molecule has 63 heavy (non-hydrogen) atoms. The number of methoxy groups -OCH3 is 2. The Kier molecular flexibility index (Phi) is 11.5. The number of benzene rings is 3. The lowest BCUT2D eigenvalue weighted by molar-refractivity contribution is -0.137. The van der Waals surface area contributed by atoms with E-state index in [1.54, 1.807) is 87.4 Å². The van der Waals surface area contributed by atoms with Crippen LogP contribution in [0.4, 0.5) is 42.6 Å². The third-order valence-electron chi connectivity index (χ3n) is 11.7. The number of ether oxygens (including phenoxy) is 4. The molecule has 3 aromatic carbocycles. The van der Waals surface area contributed by atoms with Crippen molar-refractivity contribution >= 4 is 40.3 Å². The Morgan fingerprint density at radius 3 is 2.03 bits per heavy atom. The number of carbonyl (C=O) groups excluding carboxylic acids is 1. The predicted octanol–water partition coefficient (Wildman–Crippen LogP) is 10.1. The maximum Gasteiger partial charge on any atom is 0.417 e. The fourth-order valence-corrected chi connectivity index (χ4v) is 9.41. The van der Waals surface area contributed by atoms with Crippen LogP contribution < -0.4 is 24.0 Å². The van der Waals surface area contributed by atoms with Crippen molar-refractivity contribution in [1.29, 1.82) is 0 Å². The molecule has 1 amide bonds. The van der Waals surface area contributed by atoms with Gasteiger partial charge in [0.1, 0.15) is 51.3 Å². The van der Waals surface area contributed by atoms with Crippen molar-refractivity contribution in [3.05, 3.63) is 88.2 Å². The summed E-state index contributed by atoms with van der Waals surface area (Å²) >= 11 is 1.07. The van der Waals surface area contributed by atoms with Gasteiger partial charge in [-0.05, 0) is 94.7 Å². The van der Waals surface area contributed by atoms with E-state index in [1.165, 1.54) is 19.1 Å². The average Bonchev–Trinajstić information content (AvgIpc) is 3.48. The number of fused-ring (bicyclic) bond motifs is 5. The number of amides is 1. The average molecular weight is 897 g/mol. The largest absolute Gasteiger partial charge is 0.497 e. The van der Waals surface area contributed by atoms with Gasteiger partial charge in [-0.1, -0.05) is 36.0 Å². The van der Waals surface area contributed by atoms with Crippen LogP contribution in [0.1, 0.15) is 62.8 Å². The molecule has 2 fully saturated rings. The van der Waals surface area contributed by atoms with E-state index in [2.05, 4.69) is 9.97 Å². The molecule has 2 saturated heterocycles. The number of hydrogen-bond donors (Lipinski definition) is 0. The van der Waals surface area contributed by atoms with Gasteiger partial charge in [0.05, 0.1) is 43.5 Å². The van der Waals surface area contributed by atoms with Gasteiger partial charge in [-0.15, -0.1) is 0 Å². The van der Waals surface area contributed by atoms with Gasteiger partial charge < -0.3 is 28.7 Å². The van der Waals surface area contributed by atoms with Crippen molar-refractivity contribution in [2.24, 2.45) is 0 Å². The Morgan fingerprint density at radius 2 is 1.49 bits per heavy atom. The zero-order valence-electron chi connectivity index (χ0n) is 35.9. The molecule has 0 spiro atoms. The van der Waals surface area contributed by atoms with E-state index in [-0.39, 0.29) is 47.9 Å². The highest BCUT2D eigenvalue weighted by molar-refractivity contribution is 7.98. The SMILES string of the molecule is COc1ccc(CN(Cc2ccc(OC)cc2)c2c(F)c(C)c(C(F)(F)F)c(-c3nc4c5c(nc(SC)nc5c3F)N3C[C@H]5CC[C@@H]([C@H]3[C@H](C)O4)N5C(=O)OC(C)(C)C)c2F)cc1. The van der Waals surface area contributed by atoms with E-state index in [9.17, 15) is 4.79 Å². The van der Waals surface area contributed by atoms with Crippen molar-refractivity contribution in [2.45, 2.75) is 102 Å². The Bertz CT molecular complexity index is 2530. The smallest absolute Gasteiger partial charge is 0.417 e. The number of halogens is 6. The number of pyridine rings is 1. The Labute approximate surface area is 364 Å². The molecule has 3 aliphatic rings. The van der Waals surface area contributed by atoms with Crippen molar-refractivity contribution in [3.63, 3.8) is 0 Å². The summed E-state index contributed by atoms with van der Waals surface area (Å²) in [5.74, 6) is -3.64. The van der Waals surface area contributed by atoms with E-state index >= 15 is 26.3 Å². The van der Waals surface area contributed by atoms with Gasteiger partial charge >= 0.3 is 12.3 Å². The molecule has 0 radical (unpaired) electrons. The maximum atomic E-state index is 17.7. The predicted molar refractivity (Wildman–Crippen MR) is 226 cm³/mol. The van der Waals surface area contributed by atoms with Crippen LogP contribution in [0.15, 0.2) is 53.7 Å². The van der Waals surface area contributed by atoms with E-state index < -0.39 is 87.1 Å². The second-order valence-electron chi connectivity index (χ2n) is 16.9. The molecule has 0 unspecified atom stereocenters. The number of nitrogens with zero attached hydrogens (tertiary/aromatic N) is 6. The fraction of sp³-hybridized carbons (Fsp3) is 0.422. The van der Waals surface area contributed by atoms with Crippen LogP contribution >= 0.6 is 11.8 Å². The van der Waals surface area contributed by atoms with Crippen LogP contribution in [0.5, 0.6) is 17.4 Å². The summed E-state index contributed by atoms with van der Waals surface area (Å²) in [6.07, 6.45) is -3.82. The lowest BCUT2D eigenvalue weighted by Crippen LogP contribution is -2.65. The van der Waals surface area contributed by atoms with Crippen molar-refractivity contribution in [3.8, 4) is 28.6 Å². The van der Waals surface area contributed by atoms with Crippen LogP contribution in [-0.2, 0) is 24.0 Å². The first kappa shape index (κ1) is 44.0. The number of rotatable bonds is 9. The van der Waals surface area contributed by atoms with E-state index in [0.29, 0.717) is 35.5 Å².